The van der Waals surface area contributed by atoms with Gasteiger partial charge in [-0.3, -0.25) is 0 Å². The monoisotopic (exact) mass is 358 g/mol. The number of aromatic nitrogens is 4. The van der Waals surface area contributed by atoms with Crippen molar-refractivity contribution in [3.63, 3.8) is 0 Å². The van der Waals surface area contributed by atoms with Crippen LogP contribution in [0.5, 0.6) is 0 Å². The summed E-state index contributed by atoms with van der Waals surface area (Å²) in [6.07, 6.45) is 2.88. The molecule has 3 heterocycles. The molecule has 0 radical (unpaired) electrons. The minimum Gasteiger partial charge on any atom is -0.419 e. The predicted molar refractivity (Wildman–Crippen MR) is 92.5 cm³/mol. The number of hydrogen-bond donors (Lipinski definition) is 0. The molecule has 0 atom stereocenters. The summed E-state index contributed by atoms with van der Waals surface area (Å²) >= 11 is 0. The standard InChI is InChI=1S/C19H20F2N4O/c1-19(2,3)18-24-23-17(26-18)15-14-6-4-5-9-25(14)16(22-15)11-7-8-12(20)13(21)10-11/h7-8,10H,4-6,9H2,1-3H3. The van der Waals surface area contributed by atoms with Crippen molar-refractivity contribution in [3.05, 3.63) is 41.4 Å². The lowest BCUT2D eigenvalue weighted by Crippen LogP contribution is -2.11. The average Bonchev–Trinajstić information content (AvgIpc) is 3.22. The van der Waals surface area contributed by atoms with Crippen molar-refractivity contribution in [1.29, 1.82) is 0 Å². The number of nitrogens with zero attached hydrogens (tertiary/aromatic N) is 4. The fraction of sp³-hybridized carbons (Fsp3) is 0.421. The Hall–Kier alpha value is -2.57. The Morgan fingerprint density at radius 3 is 2.58 bits per heavy atom. The molecule has 26 heavy (non-hydrogen) atoms. The van der Waals surface area contributed by atoms with Gasteiger partial charge in [-0.1, -0.05) is 20.8 Å². The van der Waals surface area contributed by atoms with Crippen LogP contribution < -0.4 is 0 Å². The molecule has 0 unspecified atom stereocenters. The number of hydrogen-bond acceptors (Lipinski definition) is 4. The van der Waals surface area contributed by atoms with Crippen LogP contribution in [0.15, 0.2) is 22.6 Å². The third-order valence-corrected chi connectivity index (χ3v) is 4.56. The van der Waals surface area contributed by atoms with Crippen LogP contribution >= 0.6 is 0 Å². The Morgan fingerprint density at radius 1 is 1.08 bits per heavy atom. The number of fused-ring (bicyclic) bond motifs is 1. The molecule has 0 amide bonds. The van der Waals surface area contributed by atoms with Gasteiger partial charge in [0, 0.05) is 17.5 Å². The van der Waals surface area contributed by atoms with Crippen LogP contribution in [0.25, 0.3) is 23.0 Å². The smallest absolute Gasteiger partial charge is 0.268 e. The molecule has 5 nitrogen and oxygen atoms in total. The summed E-state index contributed by atoms with van der Waals surface area (Å²) in [5.74, 6) is -0.242. The van der Waals surface area contributed by atoms with E-state index in [1.165, 1.54) is 6.07 Å². The highest BCUT2D eigenvalue weighted by Gasteiger charge is 2.28. The van der Waals surface area contributed by atoms with E-state index in [0.717, 1.165) is 37.6 Å². The largest absolute Gasteiger partial charge is 0.419 e. The Labute approximate surface area is 150 Å². The lowest BCUT2D eigenvalue weighted by molar-refractivity contribution is 0.398. The van der Waals surface area contributed by atoms with Gasteiger partial charge in [0.15, 0.2) is 11.6 Å². The number of imidazole rings is 1. The fourth-order valence-corrected chi connectivity index (χ4v) is 3.19. The average molecular weight is 358 g/mol. The first-order valence-electron chi connectivity index (χ1n) is 8.74. The van der Waals surface area contributed by atoms with Gasteiger partial charge < -0.3 is 8.98 Å². The molecule has 3 aromatic rings. The highest BCUT2D eigenvalue weighted by molar-refractivity contribution is 5.64. The molecule has 0 saturated heterocycles. The van der Waals surface area contributed by atoms with E-state index < -0.39 is 11.6 Å². The topological polar surface area (TPSA) is 56.7 Å². The van der Waals surface area contributed by atoms with Gasteiger partial charge >= 0.3 is 0 Å². The van der Waals surface area contributed by atoms with Gasteiger partial charge in [0.25, 0.3) is 5.89 Å². The minimum absolute atomic E-state index is 0.256. The molecule has 1 aromatic carbocycles. The SMILES string of the molecule is CC(C)(C)c1nnc(-c2nc(-c3ccc(F)c(F)c3)n3c2CCCC3)o1. The maximum Gasteiger partial charge on any atom is 0.268 e. The van der Waals surface area contributed by atoms with Crippen molar-refractivity contribution >= 4 is 0 Å². The number of benzene rings is 1. The maximum absolute atomic E-state index is 13.7. The van der Waals surface area contributed by atoms with Gasteiger partial charge in [0.2, 0.25) is 5.89 Å². The van der Waals surface area contributed by atoms with Crippen molar-refractivity contribution in [3.8, 4) is 23.0 Å². The van der Waals surface area contributed by atoms with E-state index in [1.54, 1.807) is 6.07 Å². The van der Waals surface area contributed by atoms with Crippen LogP contribution in [0.2, 0.25) is 0 Å². The summed E-state index contributed by atoms with van der Waals surface area (Å²) in [5.41, 5.74) is 1.91. The zero-order chi connectivity index (χ0) is 18.5. The quantitative estimate of drug-likeness (QED) is 0.676. The second kappa shape index (κ2) is 6.00. The van der Waals surface area contributed by atoms with Crippen LogP contribution in [0.1, 0.15) is 45.2 Å². The molecule has 4 rings (SSSR count). The van der Waals surface area contributed by atoms with E-state index in [-0.39, 0.29) is 5.41 Å². The van der Waals surface area contributed by atoms with Crippen LogP contribution in [0, 0.1) is 11.6 Å². The second-order valence-corrected chi connectivity index (χ2v) is 7.63. The third-order valence-electron chi connectivity index (χ3n) is 4.56. The molecule has 0 aliphatic carbocycles. The normalized spacial score (nSPS) is 14.5. The van der Waals surface area contributed by atoms with Gasteiger partial charge in [-0.05, 0) is 37.5 Å². The number of rotatable bonds is 2. The van der Waals surface area contributed by atoms with Crippen molar-refractivity contribution in [1.82, 2.24) is 19.7 Å². The molecule has 0 fully saturated rings. The molecule has 136 valence electrons. The molecule has 1 aliphatic rings. The molecule has 0 saturated carbocycles. The first kappa shape index (κ1) is 16.9. The molecule has 0 spiro atoms. The van der Waals surface area contributed by atoms with Crippen molar-refractivity contribution < 1.29 is 13.2 Å². The molecule has 7 heteroatoms. The Balaban J connectivity index is 1.85. The van der Waals surface area contributed by atoms with Gasteiger partial charge in [0.1, 0.15) is 11.5 Å². The zero-order valence-corrected chi connectivity index (χ0v) is 15.0. The first-order chi connectivity index (χ1) is 12.3. The minimum atomic E-state index is -0.884. The van der Waals surface area contributed by atoms with E-state index in [2.05, 4.69) is 15.2 Å². The molecule has 2 aromatic heterocycles. The second-order valence-electron chi connectivity index (χ2n) is 7.63. The summed E-state index contributed by atoms with van der Waals surface area (Å²) < 4.78 is 34.9. The summed E-state index contributed by atoms with van der Waals surface area (Å²) in [4.78, 5) is 4.68. The Morgan fingerprint density at radius 2 is 1.88 bits per heavy atom. The van der Waals surface area contributed by atoms with E-state index in [9.17, 15) is 8.78 Å². The molecular formula is C19H20F2N4O. The zero-order valence-electron chi connectivity index (χ0n) is 15.0. The van der Waals surface area contributed by atoms with E-state index in [4.69, 9.17) is 4.42 Å². The summed E-state index contributed by atoms with van der Waals surface area (Å²) in [6, 6.07) is 3.84. The van der Waals surface area contributed by atoms with Crippen molar-refractivity contribution in [2.45, 2.75) is 52.0 Å². The third kappa shape index (κ3) is 2.81. The molecule has 0 bridgehead atoms. The molecule has 0 N–H and O–H groups in total. The Kier molecular flexibility index (Phi) is 3.89. The van der Waals surface area contributed by atoms with E-state index in [1.807, 2.05) is 25.3 Å². The van der Waals surface area contributed by atoms with Gasteiger partial charge in [-0.15, -0.1) is 10.2 Å². The highest BCUT2D eigenvalue weighted by Crippen LogP contribution is 2.34. The summed E-state index contributed by atoms with van der Waals surface area (Å²) in [5, 5.41) is 8.32. The maximum atomic E-state index is 13.7. The van der Waals surface area contributed by atoms with E-state index >= 15 is 0 Å². The van der Waals surface area contributed by atoms with Gasteiger partial charge in [-0.25, -0.2) is 13.8 Å². The lowest BCUT2D eigenvalue weighted by Gasteiger charge is -2.17. The summed E-state index contributed by atoms with van der Waals surface area (Å²) in [7, 11) is 0. The fourth-order valence-electron chi connectivity index (χ4n) is 3.19. The van der Waals surface area contributed by atoms with Gasteiger partial charge in [-0.2, -0.15) is 0 Å². The first-order valence-corrected chi connectivity index (χ1v) is 8.74. The van der Waals surface area contributed by atoms with Crippen LogP contribution in [0.3, 0.4) is 0 Å². The van der Waals surface area contributed by atoms with Crippen LogP contribution in [-0.4, -0.2) is 19.7 Å². The van der Waals surface area contributed by atoms with Crippen LogP contribution in [0.4, 0.5) is 8.78 Å². The van der Waals surface area contributed by atoms with E-state index in [0.29, 0.717) is 28.9 Å². The van der Waals surface area contributed by atoms with Crippen molar-refractivity contribution in [2.75, 3.05) is 0 Å². The Bertz CT molecular complexity index is 969. The highest BCUT2D eigenvalue weighted by atomic mass is 19.2. The molecular weight excluding hydrogens is 338 g/mol. The van der Waals surface area contributed by atoms with Crippen molar-refractivity contribution in [2.24, 2.45) is 0 Å². The lowest BCUT2D eigenvalue weighted by atomic mass is 9.97. The molecule has 1 aliphatic heterocycles. The predicted octanol–water partition coefficient (Wildman–Crippen LogP) is 4.51. The van der Waals surface area contributed by atoms with Crippen LogP contribution in [-0.2, 0) is 18.4 Å². The number of halogens is 2. The van der Waals surface area contributed by atoms with Gasteiger partial charge in [0.05, 0.1) is 5.69 Å². The summed E-state index contributed by atoms with van der Waals surface area (Å²) in [6.45, 7) is 6.77.